The van der Waals surface area contributed by atoms with Crippen LogP contribution < -0.4 is 10.1 Å². The van der Waals surface area contributed by atoms with E-state index in [0.717, 1.165) is 0 Å². The van der Waals surface area contributed by atoms with Crippen LogP contribution in [0, 0.1) is 11.3 Å². The number of amides is 1. The van der Waals surface area contributed by atoms with Gasteiger partial charge in [-0.15, -0.1) is 0 Å². The number of halogens is 1. The van der Waals surface area contributed by atoms with Crippen LogP contribution in [0.2, 0.25) is 5.02 Å². The van der Waals surface area contributed by atoms with Crippen molar-refractivity contribution in [1.29, 1.82) is 5.26 Å². The molecule has 0 aliphatic carbocycles. The van der Waals surface area contributed by atoms with Crippen molar-refractivity contribution in [2.24, 2.45) is 0 Å². The number of rotatable bonds is 4. The zero-order valence-corrected chi connectivity index (χ0v) is 13.5. The number of sulfone groups is 1. The molecule has 0 saturated carbocycles. The van der Waals surface area contributed by atoms with E-state index < -0.39 is 21.3 Å². The number of ether oxygens (including phenoxy) is 1. The van der Waals surface area contributed by atoms with E-state index in [4.69, 9.17) is 21.6 Å². The summed E-state index contributed by atoms with van der Waals surface area (Å²) in [4.78, 5) is 11.9. The molecule has 0 spiro atoms. The summed E-state index contributed by atoms with van der Waals surface area (Å²) in [5.41, 5.74) is -0.362. The predicted molar refractivity (Wildman–Crippen MR) is 81.5 cm³/mol. The molecule has 0 bridgehead atoms. The predicted octanol–water partition coefficient (Wildman–Crippen LogP) is 1.28. The Morgan fingerprint density at radius 1 is 1.55 bits per heavy atom. The molecule has 1 aliphatic rings. The molecular weight excluding hydrogens is 328 g/mol. The average Bonchev–Trinajstić information content (AvgIpc) is 2.70. The topological polar surface area (TPSA) is 96.3 Å². The lowest BCUT2D eigenvalue weighted by Gasteiger charge is -2.23. The van der Waals surface area contributed by atoms with Crippen molar-refractivity contribution in [3.8, 4) is 11.8 Å². The smallest absolute Gasteiger partial charge is 0.258 e. The third-order valence-electron chi connectivity index (χ3n) is 3.36. The van der Waals surface area contributed by atoms with Crippen LogP contribution in [-0.2, 0) is 14.6 Å². The van der Waals surface area contributed by atoms with Crippen molar-refractivity contribution in [3.63, 3.8) is 0 Å². The first-order valence-corrected chi connectivity index (χ1v) is 8.77. The molecular formula is C14H15ClN2O4S. The first-order chi connectivity index (χ1) is 10.2. The summed E-state index contributed by atoms with van der Waals surface area (Å²) < 4.78 is 28.3. The van der Waals surface area contributed by atoms with Crippen molar-refractivity contribution >= 4 is 27.3 Å². The lowest BCUT2D eigenvalue weighted by molar-refractivity contribution is -0.124. The standard InChI is InChI=1S/C14H15ClN2O4S/c1-14(4-5-22(19,20)9-14)17-13(18)8-21-12-3-2-10(7-16)6-11(12)15/h2-3,6H,4-5,8-9H2,1H3,(H,17,18)/t14-/m0/s1. The van der Waals surface area contributed by atoms with Gasteiger partial charge in [0.2, 0.25) is 0 Å². The number of nitrogens with one attached hydrogen (secondary N) is 1. The summed E-state index contributed by atoms with van der Waals surface area (Å²) in [6, 6.07) is 6.43. The van der Waals surface area contributed by atoms with Crippen LogP contribution in [0.4, 0.5) is 0 Å². The van der Waals surface area contributed by atoms with E-state index in [1.54, 1.807) is 6.92 Å². The highest BCUT2D eigenvalue weighted by molar-refractivity contribution is 7.91. The van der Waals surface area contributed by atoms with Gasteiger partial charge < -0.3 is 10.1 Å². The van der Waals surface area contributed by atoms with Crippen LogP contribution in [0.15, 0.2) is 18.2 Å². The summed E-state index contributed by atoms with van der Waals surface area (Å²) >= 11 is 5.94. The van der Waals surface area contributed by atoms with Crippen molar-refractivity contribution in [2.75, 3.05) is 18.1 Å². The van der Waals surface area contributed by atoms with Gasteiger partial charge in [-0.1, -0.05) is 11.6 Å². The molecule has 8 heteroatoms. The molecule has 1 aliphatic heterocycles. The van der Waals surface area contributed by atoms with Crippen molar-refractivity contribution in [3.05, 3.63) is 28.8 Å². The van der Waals surface area contributed by atoms with Crippen LogP contribution in [0.5, 0.6) is 5.75 Å². The van der Waals surface area contributed by atoms with Gasteiger partial charge in [-0.3, -0.25) is 4.79 Å². The van der Waals surface area contributed by atoms with Crippen LogP contribution in [-0.4, -0.2) is 38.0 Å². The fourth-order valence-corrected chi connectivity index (χ4v) is 4.64. The number of hydrogen-bond acceptors (Lipinski definition) is 5. The molecule has 1 fully saturated rings. The molecule has 1 saturated heterocycles. The highest BCUT2D eigenvalue weighted by Crippen LogP contribution is 2.25. The molecule has 0 radical (unpaired) electrons. The maximum atomic E-state index is 11.9. The fourth-order valence-electron chi connectivity index (χ4n) is 2.31. The quantitative estimate of drug-likeness (QED) is 0.889. The Labute approximate surface area is 133 Å². The molecule has 1 atom stereocenters. The van der Waals surface area contributed by atoms with Crippen molar-refractivity contribution in [2.45, 2.75) is 18.9 Å². The zero-order chi connectivity index (χ0) is 16.4. The van der Waals surface area contributed by atoms with Crippen LogP contribution in [0.1, 0.15) is 18.9 Å². The van der Waals surface area contributed by atoms with Gasteiger partial charge in [0.15, 0.2) is 16.4 Å². The minimum Gasteiger partial charge on any atom is -0.482 e. The van der Waals surface area contributed by atoms with Gasteiger partial charge in [-0.2, -0.15) is 5.26 Å². The summed E-state index contributed by atoms with van der Waals surface area (Å²) in [5.74, 6) is -0.116. The van der Waals surface area contributed by atoms with Gasteiger partial charge in [0, 0.05) is 0 Å². The number of carbonyl (C=O) groups is 1. The van der Waals surface area contributed by atoms with Crippen LogP contribution in [0.3, 0.4) is 0 Å². The number of carbonyl (C=O) groups excluding carboxylic acids is 1. The molecule has 1 aromatic rings. The zero-order valence-electron chi connectivity index (χ0n) is 11.9. The van der Waals surface area contributed by atoms with E-state index in [-0.39, 0.29) is 23.1 Å². The first kappa shape index (κ1) is 16.6. The van der Waals surface area contributed by atoms with E-state index in [2.05, 4.69) is 5.32 Å². The molecule has 1 N–H and O–H groups in total. The van der Waals surface area contributed by atoms with Gasteiger partial charge in [-0.05, 0) is 31.5 Å². The van der Waals surface area contributed by atoms with Gasteiger partial charge >= 0.3 is 0 Å². The Hall–Kier alpha value is -1.78. The van der Waals surface area contributed by atoms with Gasteiger partial charge in [0.1, 0.15) is 5.75 Å². The third-order valence-corrected chi connectivity index (χ3v) is 5.56. The van der Waals surface area contributed by atoms with Gasteiger partial charge in [0.05, 0.1) is 33.7 Å². The van der Waals surface area contributed by atoms with E-state index in [0.29, 0.717) is 17.7 Å². The number of benzene rings is 1. The van der Waals surface area contributed by atoms with Crippen LogP contribution >= 0.6 is 11.6 Å². The molecule has 0 unspecified atom stereocenters. The molecule has 0 aromatic heterocycles. The first-order valence-electron chi connectivity index (χ1n) is 6.57. The molecule has 6 nitrogen and oxygen atoms in total. The van der Waals surface area contributed by atoms with E-state index >= 15 is 0 Å². The normalized spacial score (nSPS) is 22.8. The number of nitriles is 1. The molecule has 1 heterocycles. The fraction of sp³-hybridized carbons (Fsp3) is 0.429. The second-order valence-corrected chi connectivity index (χ2v) is 8.09. The highest BCUT2D eigenvalue weighted by Gasteiger charge is 2.39. The molecule has 1 amide bonds. The Balaban J connectivity index is 1.93. The average molecular weight is 343 g/mol. The summed E-state index contributed by atoms with van der Waals surface area (Å²) in [7, 11) is -3.09. The molecule has 2 rings (SSSR count). The minimum atomic E-state index is -3.09. The lowest BCUT2D eigenvalue weighted by atomic mass is 10.0. The second-order valence-electron chi connectivity index (χ2n) is 5.50. The molecule has 118 valence electrons. The van der Waals surface area contributed by atoms with Gasteiger partial charge in [-0.25, -0.2) is 8.42 Å². The van der Waals surface area contributed by atoms with E-state index in [1.807, 2.05) is 6.07 Å². The van der Waals surface area contributed by atoms with Gasteiger partial charge in [0.25, 0.3) is 5.91 Å². The van der Waals surface area contributed by atoms with Crippen molar-refractivity contribution in [1.82, 2.24) is 5.32 Å². The summed E-state index contributed by atoms with van der Waals surface area (Å²) in [5, 5.41) is 11.7. The van der Waals surface area contributed by atoms with Crippen LogP contribution in [0.25, 0.3) is 0 Å². The lowest BCUT2D eigenvalue weighted by Crippen LogP contribution is -2.48. The Bertz CT molecular complexity index is 742. The van der Waals surface area contributed by atoms with Crippen molar-refractivity contribution < 1.29 is 17.9 Å². The third kappa shape index (κ3) is 4.12. The Morgan fingerprint density at radius 2 is 2.27 bits per heavy atom. The Morgan fingerprint density at radius 3 is 2.82 bits per heavy atom. The second kappa shape index (κ2) is 6.15. The maximum Gasteiger partial charge on any atom is 0.258 e. The Kier molecular flexibility index (Phi) is 4.63. The SMILES string of the molecule is C[C@]1(NC(=O)COc2ccc(C#N)cc2Cl)CCS(=O)(=O)C1. The minimum absolute atomic E-state index is 0.0661. The van der Waals surface area contributed by atoms with E-state index in [1.165, 1.54) is 18.2 Å². The number of nitrogens with zero attached hydrogens (tertiary/aromatic N) is 1. The monoisotopic (exact) mass is 342 g/mol. The summed E-state index contributed by atoms with van der Waals surface area (Å²) in [6.07, 6.45) is 0.388. The maximum absolute atomic E-state index is 11.9. The summed E-state index contributed by atoms with van der Waals surface area (Å²) in [6.45, 7) is 1.42. The van der Waals surface area contributed by atoms with E-state index in [9.17, 15) is 13.2 Å². The highest BCUT2D eigenvalue weighted by atomic mass is 35.5. The molecule has 1 aromatic carbocycles. The molecule has 22 heavy (non-hydrogen) atoms. The number of hydrogen-bond donors (Lipinski definition) is 1. The largest absolute Gasteiger partial charge is 0.482 e.